The number of anilines is 1. The normalized spacial score (nSPS) is 10.8. The van der Waals surface area contributed by atoms with Crippen molar-refractivity contribution in [1.82, 2.24) is 0 Å². The minimum absolute atomic E-state index is 0. The summed E-state index contributed by atoms with van der Waals surface area (Å²) in [5.74, 6) is -1.63. The maximum Gasteiger partial charge on any atom is 0.332 e. The van der Waals surface area contributed by atoms with Crippen LogP contribution in [0.5, 0.6) is 0 Å². The molecule has 1 N–H and O–H groups in total. The minimum atomic E-state index is -1.10. The molecule has 0 heterocycles. The van der Waals surface area contributed by atoms with Crippen LogP contribution in [-0.4, -0.2) is 37.6 Å². The number of nitrogens with zero attached hydrogens (tertiary/aromatic N) is 2. The van der Waals surface area contributed by atoms with Crippen molar-refractivity contribution in [2.75, 3.05) is 25.1 Å². The number of hydrogen-bond acceptors (Lipinski definition) is 4. The molecule has 1 aromatic rings. The summed E-state index contributed by atoms with van der Waals surface area (Å²) in [5.41, 5.74) is 4.24. The molecule has 0 unspecified atom stereocenters. The molecule has 0 spiro atoms. The Morgan fingerprint density at radius 3 is 2.73 bits per heavy atom. The molecule has 0 amide bonds. The quantitative estimate of drug-likeness (QED) is 0.322. The molecule has 1 rings (SSSR count). The molecule has 0 bridgehead atoms. The van der Waals surface area contributed by atoms with E-state index >= 15 is 0 Å². The Hall–Kier alpha value is -1.15. The molecule has 8 heteroatoms. The number of carboxylic acids is 1. The van der Waals surface area contributed by atoms with Crippen molar-refractivity contribution in [3.05, 3.63) is 46.8 Å². The van der Waals surface area contributed by atoms with E-state index in [0.29, 0.717) is 6.29 Å². The van der Waals surface area contributed by atoms with Crippen molar-refractivity contribution in [2.24, 2.45) is 0 Å². The molecule has 0 aromatic heterocycles. The number of hydrogen-bond donors (Lipinski definition) is 1. The first-order chi connectivity index (χ1) is 9.99. The fourth-order valence-electron chi connectivity index (χ4n) is 1.65. The summed E-state index contributed by atoms with van der Waals surface area (Å²) in [6, 6.07) is 3.67. The van der Waals surface area contributed by atoms with Gasteiger partial charge in [-0.15, -0.1) is 6.54 Å². The average molecular weight is 384 g/mol. The van der Waals surface area contributed by atoms with Crippen molar-refractivity contribution >= 4 is 17.9 Å². The van der Waals surface area contributed by atoms with Crippen molar-refractivity contribution in [1.29, 1.82) is 0 Å². The Morgan fingerprint density at radius 1 is 1.50 bits per heavy atom. The number of benzene rings is 1. The number of carboxylic acid groups (broad SMARTS) is 1. The number of aliphatic carboxylic acids is 1. The van der Waals surface area contributed by atoms with Crippen LogP contribution < -0.4 is 4.90 Å². The standard InChI is InChI=1S/C14H16FN2O4.Y/c1-10(14(19)20)8-17(6-5-16-21-2)13-7-12(15)4-3-11(13)9-18;/h3-4,7-9H,5-6H2,1-2H3,(H,19,20);/q-1;/b10-8+;. The Balaban J connectivity index is 0.00000441. The van der Waals surface area contributed by atoms with Crippen molar-refractivity contribution in [2.45, 2.75) is 6.92 Å². The van der Waals surface area contributed by atoms with Gasteiger partial charge in [0.05, 0.1) is 11.3 Å². The summed E-state index contributed by atoms with van der Waals surface area (Å²) in [5, 5.41) is 8.94. The summed E-state index contributed by atoms with van der Waals surface area (Å²) < 4.78 is 13.4. The number of hydroxylamine groups is 1. The minimum Gasteiger partial charge on any atom is -0.533 e. The van der Waals surface area contributed by atoms with Gasteiger partial charge in [0.15, 0.2) is 6.29 Å². The van der Waals surface area contributed by atoms with E-state index in [9.17, 15) is 14.0 Å². The van der Waals surface area contributed by atoms with Crippen LogP contribution in [0.25, 0.3) is 5.48 Å². The van der Waals surface area contributed by atoms with E-state index < -0.39 is 11.8 Å². The first kappa shape index (κ1) is 20.9. The molecule has 0 fully saturated rings. The van der Waals surface area contributed by atoms with Crippen LogP contribution >= 0.6 is 0 Å². The third-order valence-corrected chi connectivity index (χ3v) is 2.68. The van der Waals surface area contributed by atoms with Gasteiger partial charge in [-0.05, 0) is 25.1 Å². The van der Waals surface area contributed by atoms with E-state index in [4.69, 9.17) is 5.11 Å². The Morgan fingerprint density at radius 2 is 2.18 bits per heavy atom. The van der Waals surface area contributed by atoms with Crippen LogP contribution in [-0.2, 0) is 42.3 Å². The van der Waals surface area contributed by atoms with Gasteiger partial charge in [0.1, 0.15) is 5.82 Å². The molecule has 0 aliphatic rings. The molecule has 1 radical (unpaired) electrons. The van der Waals surface area contributed by atoms with Gasteiger partial charge in [-0.2, -0.15) is 0 Å². The predicted molar refractivity (Wildman–Crippen MR) is 75.8 cm³/mol. The molecule has 6 nitrogen and oxygen atoms in total. The van der Waals surface area contributed by atoms with Gasteiger partial charge < -0.3 is 20.3 Å². The van der Waals surface area contributed by atoms with Gasteiger partial charge in [-0.25, -0.2) is 9.18 Å². The maximum absolute atomic E-state index is 13.4. The van der Waals surface area contributed by atoms with Crippen LogP contribution in [0.2, 0.25) is 0 Å². The van der Waals surface area contributed by atoms with Gasteiger partial charge in [-0.3, -0.25) is 4.79 Å². The van der Waals surface area contributed by atoms with Gasteiger partial charge in [-0.1, -0.05) is 0 Å². The van der Waals surface area contributed by atoms with E-state index in [2.05, 4.69) is 10.3 Å². The second-order valence-electron chi connectivity index (χ2n) is 4.17. The van der Waals surface area contributed by atoms with E-state index in [1.807, 2.05) is 0 Å². The van der Waals surface area contributed by atoms with Crippen LogP contribution in [0, 0.1) is 5.82 Å². The Bertz CT molecular complexity index is 552. The van der Waals surface area contributed by atoms with Crippen LogP contribution in [0.1, 0.15) is 17.3 Å². The zero-order valence-corrected chi connectivity index (χ0v) is 15.2. The third kappa shape index (κ3) is 6.31. The number of carbonyl (C=O) groups is 2. The summed E-state index contributed by atoms with van der Waals surface area (Å²) in [4.78, 5) is 28.0. The fraction of sp³-hybridized carbons (Fsp3) is 0.286. The molecule has 117 valence electrons. The van der Waals surface area contributed by atoms with E-state index in [1.54, 1.807) is 0 Å². The SMILES string of the molecule is CO[N-]CCN(/C=C(\C)C(=O)O)c1cc(F)ccc1C=O.[Y]. The second-order valence-corrected chi connectivity index (χ2v) is 4.17. The first-order valence-electron chi connectivity index (χ1n) is 6.12. The third-order valence-electron chi connectivity index (χ3n) is 2.68. The largest absolute Gasteiger partial charge is 0.533 e. The number of halogens is 1. The molecule has 0 aliphatic heterocycles. The second kappa shape index (κ2) is 10.6. The van der Waals surface area contributed by atoms with Crippen LogP contribution in [0.15, 0.2) is 30.0 Å². The molecule has 0 atom stereocenters. The van der Waals surface area contributed by atoms with Crippen molar-refractivity contribution < 1.29 is 56.6 Å². The van der Waals surface area contributed by atoms with Gasteiger partial charge in [0.2, 0.25) is 0 Å². The van der Waals surface area contributed by atoms with Gasteiger partial charge in [0, 0.05) is 58.1 Å². The van der Waals surface area contributed by atoms with Gasteiger partial charge >= 0.3 is 5.97 Å². The molecular formula is C14H16FN2O4Y-. The number of carbonyl (C=O) groups excluding carboxylic acids is 1. The van der Waals surface area contributed by atoms with Gasteiger partial charge in [0.25, 0.3) is 0 Å². The van der Waals surface area contributed by atoms with Crippen molar-refractivity contribution in [3.8, 4) is 0 Å². The monoisotopic (exact) mass is 384 g/mol. The summed E-state index contributed by atoms with van der Waals surface area (Å²) in [6.45, 7) is 1.88. The van der Waals surface area contributed by atoms with E-state index in [0.717, 1.165) is 0 Å². The molecule has 22 heavy (non-hydrogen) atoms. The van der Waals surface area contributed by atoms with E-state index in [1.165, 1.54) is 43.3 Å². The summed E-state index contributed by atoms with van der Waals surface area (Å²) >= 11 is 0. The molecule has 0 aliphatic carbocycles. The summed E-state index contributed by atoms with van der Waals surface area (Å²) in [7, 11) is 1.39. The van der Waals surface area contributed by atoms with Crippen molar-refractivity contribution in [3.63, 3.8) is 0 Å². The zero-order chi connectivity index (χ0) is 15.8. The van der Waals surface area contributed by atoms with Crippen LogP contribution in [0.3, 0.4) is 0 Å². The maximum atomic E-state index is 13.4. The van der Waals surface area contributed by atoms with Crippen LogP contribution in [0.4, 0.5) is 10.1 Å². The number of rotatable bonds is 8. The number of aldehydes is 1. The molecule has 1 aromatic carbocycles. The zero-order valence-electron chi connectivity index (χ0n) is 12.3. The Labute approximate surface area is 153 Å². The topological polar surface area (TPSA) is 80.9 Å². The Kier molecular flexibility index (Phi) is 10.0. The molecule has 0 saturated carbocycles. The molecule has 0 saturated heterocycles. The molecular weight excluding hydrogens is 368 g/mol. The first-order valence-corrected chi connectivity index (χ1v) is 6.12. The summed E-state index contributed by atoms with van der Waals surface area (Å²) in [6.07, 6.45) is 1.91. The van der Waals surface area contributed by atoms with E-state index in [-0.39, 0.29) is 62.6 Å². The fourth-order valence-corrected chi connectivity index (χ4v) is 1.65. The smallest absolute Gasteiger partial charge is 0.332 e. The average Bonchev–Trinajstić information content (AvgIpc) is 2.46. The predicted octanol–water partition coefficient (Wildman–Crippen LogP) is 2.37.